The van der Waals surface area contributed by atoms with Crippen molar-refractivity contribution < 1.29 is 62.2 Å². The minimum absolute atomic E-state index is 0.00421. The predicted molar refractivity (Wildman–Crippen MR) is 142 cm³/mol. The molecule has 0 saturated carbocycles. The van der Waals surface area contributed by atoms with Crippen molar-refractivity contribution >= 4 is 39.2 Å². The Bertz CT molecular complexity index is 1540. The van der Waals surface area contributed by atoms with Crippen molar-refractivity contribution in [3.63, 3.8) is 0 Å². The SMILES string of the molecule is COc1ccc([C@@H](CS(C)(=O)=O)N2C(=O)c3cccc(NC(C)=O)c3C2=O)cc1OC1O[C@H](C(=O)O)[C@H](O)[C@H](O)[C@@H]1O. The molecule has 0 spiro atoms. The highest BCUT2D eigenvalue weighted by atomic mass is 32.2. The number of nitrogens with one attached hydrogen (secondary N) is 1. The topological polar surface area (TPSA) is 226 Å². The standard InChI is InChI=1S/C26H28N2O13S/c1-11(29)27-14-6-4-5-13-18(14)24(34)28(23(13)33)15(10-42(3,37)38)12-7-8-16(39-2)17(9-12)40-26-21(32)19(30)20(31)22(41-26)25(35)36/h4-9,15,19-22,26,30-32H,10H2,1-3H3,(H,27,29)(H,35,36)/t15-,19+,20-,21+,22+,26?/m1/s1. The van der Waals surface area contributed by atoms with E-state index in [1.807, 2.05) is 0 Å². The minimum Gasteiger partial charge on any atom is -0.493 e. The van der Waals surface area contributed by atoms with Crippen LogP contribution in [-0.2, 0) is 24.2 Å². The number of ether oxygens (including phenoxy) is 3. The van der Waals surface area contributed by atoms with Gasteiger partial charge in [0.25, 0.3) is 11.8 Å². The van der Waals surface area contributed by atoms with Crippen molar-refractivity contribution in [2.75, 3.05) is 24.4 Å². The highest BCUT2D eigenvalue weighted by Gasteiger charge is 2.48. The van der Waals surface area contributed by atoms with E-state index in [1.54, 1.807) is 0 Å². The number of aliphatic hydroxyl groups excluding tert-OH is 3. The molecule has 2 heterocycles. The van der Waals surface area contributed by atoms with Crippen LogP contribution in [0.1, 0.15) is 39.2 Å². The molecular formula is C26H28N2O13S. The van der Waals surface area contributed by atoms with Gasteiger partial charge in [-0.15, -0.1) is 0 Å². The van der Waals surface area contributed by atoms with Gasteiger partial charge < -0.3 is 40.0 Å². The first-order valence-electron chi connectivity index (χ1n) is 12.4. The lowest BCUT2D eigenvalue weighted by atomic mass is 9.99. The molecule has 2 aliphatic heterocycles. The summed E-state index contributed by atoms with van der Waals surface area (Å²) >= 11 is 0. The van der Waals surface area contributed by atoms with Gasteiger partial charge in [0.15, 0.2) is 17.6 Å². The number of carbonyl (C=O) groups excluding carboxylic acids is 3. The van der Waals surface area contributed by atoms with Gasteiger partial charge >= 0.3 is 5.97 Å². The Hall–Kier alpha value is -4.09. The second kappa shape index (κ2) is 11.7. The number of hydrogen-bond donors (Lipinski definition) is 5. The summed E-state index contributed by atoms with van der Waals surface area (Å²) in [5, 5.41) is 42.3. The van der Waals surface area contributed by atoms with Crippen molar-refractivity contribution in [1.29, 1.82) is 0 Å². The molecule has 0 radical (unpaired) electrons. The smallest absolute Gasteiger partial charge is 0.335 e. The highest BCUT2D eigenvalue weighted by Crippen LogP contribution is 2.39. The van der Waals surface area contributed by atoms with Gasteiger partial charge in [-0.05, 0) is 29.8 Å². The summed E-state index contributed by atoms with van der Waals surface area (Å²) in [6.45, 7) is 1.22. The van der Waals surface area contributed by atoms with E-state index in [9.17, 15) is 48.0 Å². The van der Waals surface area contributed by atoms with E-state index in [-0.39, 0.29) is 33.9 Å². The number of amides is 3. The van der Waals surface area contributed by atoms with Gasteiger partial charge in [0.1, 0.15) is 28.1 Å². The highest BCUT2D eigenvalue weighted by molar-refractivity contribution is 7.90. The molecule has 2 aromatic rings. The van der Waals surface area contributed by atoms with Crippen LogP contribution in [0.25, 0.3) is 0 Å². The molecule has 15 nitrogen and oxygen atoms in total. The van der Waals surface area contributed by atoms with Crippen LogP contribution in [-0.4, -0.2) is 107 Å². The van der Waals surface area contributed by atoms with Crippen molar-refractivity contribution in [3.05, 3.63) is 53.1 Å². The Kier molecular flexibility index (Phi) is 8.56. The Labute approximate surface area is 239 Å². The number of aliphatic carboxylic acids is 1. The molecule has 0 aromatic heterocycles. The van der Waals surface area contributed by atoms with Gasteiger partial charge in [-0.25, -0.2) is 13.2 Å². The van der Waals surface area contributed by atoms with Crippen molar-refractivity contribution in [2.24, 2.45) is 0 Å². The second-order valence-electron chi connectivity index (χ2n) is 9.76. The number of sulfone groups is 1. The number of imide groups is 1. The first-order chi connectivity index (χ1) is 19.6. The fraction of sp³-hybridized carbons (Fsp3) is 0.385. The summed E-state index contributed by atoms with van der Waals surface area (Å²) in [6, 6.07) is 6.71. The molecule has 1 fully saturated rings. The molecular weight excluding hydrogens is 580 g/mol. The molecule has 0 bridgehead atoms. The number of methoxy groups -OCH3 is 1. The fourth-order valence-corrected chi connectivity index (χ4v) is 5.67. The lowest BCUT2D eigenvalue weighted by Gasteiger charge is -2.38. The minimum atomic E-state index is -3.85. The molecule has 5 N–H and O–H groups in total. The van der Waals surface area contributed by atoms with E-state index < -0.39 is 76.0 Å². The summed E-state index contributed by atoms with van der Waals surface area (Å²) in [5.41, 5.74) is -0.0461. The predicted octanol–water partition coefficient (Wildman–Crippen LogP) is -0.693. The molecule has 4 rings (SSSR count). The average molecular weight is 609 g/mol. The Morgan fingerprint density at radius 1 is 1.05 bits per heavy atom. The Balaban J connectivity index is 1.76. The summed E-state index contributed by atoms with van der Waals surface area (Å²) < 4.78 is 41.0. The molecule has 1 unspecified atom stereocenters. The number of fused-ring (bicyclic) bond motifs is 1. The monoisotopic (exact) mass is 608 g/mol. The van der Waals surface area contributed by atoms with Crippen LogP contribution in [0, 0.1) is 0 Å². The second-order valence-corrected chi connectivity index (χ2v) is 11.9. The number of carboxylic acid groups (broad SMARTS) is 1. The number of anilines is 1. The van der Waals surface area contributed by atoms with Crippen molar-refractivity contribution in [2.45, 2.75) is 43.7 Å². The normalized spacial score (nSPS) is 24.6. The third kappa shape index (κ3) is 5.93. The van der Waals surface area contributed by atoms with Gasteiger partial charge in [0, 0.05) is 13.2 Å². The first-order valence-corrected chi connectivity index (χ1v) is 14.4. The molecule has 1 saturated heterocycles. The number of benzene rings is 2. The molecule has 2 aliphatic rings. The van der Waals surface area contributed by atoms with Crippen LogP contribution in [0.15, 0.2) is 36.4 Å². The zero-order valence-electron chi connectivity index (χ0n) is 22.5. The number of aliphatic hydroxyl groups is 3. The van der Waals surface area contributed by atoms with Crippen LogP contribution in [0.2, 0.25) is 0 Å². The lowest BCUT2D eigenvalue weighted by Crippen LogP contribution is -2.61. The van der Waals surface area contributed by atoms with Crippen molar-refractivity contribution in [1.82, 2.24) is 4.90 Å². The Morgan fingerprint density at radius 3 is 2.33 bits per heavy atom. The number of carbonyl (C=O) groups is 4. The molecule has 2 aromatic carbocycles. The molecule has 6 atom stereocenters. The molecule has 42 heavy (non-hydrogen) atoms. The van der Waals surface area contributed by atoms with Gasteiger partial charge in [0.05, 0.1) is 35.7 Å². The Morgan fingerprint density at radius 2 is 1.74 bits per heavy atom. The third-order valence-corrected chi connectivity index (χ3v) is 7.58. The number of hydrogen-bond acceptors (Lipinski definition) is 12. The van der Waals surface area contributed by atoms with E-state index in [0.717, 1.165) is 11.2 Å². The van der Waals surface area contributed by atoms with Crippen LogP contribution >= 0.6 is 0 Å². The summed E-state index contributed by atoms with van der Waals surface area (Å²) in [7, 11) is -2.60. The number of nitrogens with zero attached hydrogens (tertiary/aromatic N) is 1. The zero-order valence-corrected chi connectivity index (χ0v) is 23.3. The summed E-state index contributed by atoms with van der Waals surface area (Å²) in [6.07, 6.45) is -8.74. The van der Waals surface area contributed by atoms with E-state index in [1.165, 1.54) is 50.4 Å². The molecule has 0 aliphatic carbocycles. The number of rotatable bonds is 9. The third-order valence-electron chi connectivity index (χ3n) is 6.66. The maximum absolute atomic E-state index is 13.6. The van der Waals surface area contributed by atoms with E-state index in [0.29, 0.717) is 0 Å². The fourth-order valence-electron chi connectivity index (χ4n) is 4.75. The van der Waals surface area contributed by atoms with Gasteiger partial charge in [-0.1, -0.05) is 12.1 Å². The maximum Gasteiger partial charge on any atom is 0.335 e. The molecule has 3 amide bonds. The molecule has 16 heteroatoms. The number of carboxylic acids is 1. The van der Waals surface area contributed by atoms with Crippen LogP contribution < -0.4 is 14.8 Å². The van der Waals surface area contributed by atoms with Crippen LogP contribution in [0.5, 0.6) is 11.5 Å². The van der Waals surface area contributed by atoms with Gasteiger partial charge in [-0.3, -0.25) is 19.3 Å². The maximum atomic E-state index is 13.6. The lowest BCUT2D eigenvalue weighted by molar-refractivity contribution is -0.271. The summed E-state index contributed by atoms with van der Waals surface area (Å²) in [5.74, 6) is -4.77. The zero-order chi connectivity index (χ0) is 31.1. The molecule has 226 valence electrons. The average Bonchev–Trinajstić information content (AvgIpc) is 3.16. The van der Waals surface area contributed by atoms with E-state index in [4.69, 9.17) is 14.2 Å². The first kappa shape index (κ1) is 30.9. The van der Waals surface area contributed by atoms with Crippen molar-refractivity contribution in [3.8, 4) is 11.5 Å². The van der Waals surface area contributed by atoms with Crippen LogP contribution in [0.4, 0.5) is 5.69 Å². The van der Waals surface area contributed by atoms with Gasteiger partial charge in [0.2, 0.25) is 12.2 Å². The van der Waals surface area contributed by atoms with E-state index >= 15 is 0 Å². The van der Waals surface area contributed by atoms with Crippen LogP contribution in [0.3, 0.4) is 0 Å². The summed E-state index contributed by atoms with van der Waals surface area (Å²) in [4.78, 5) is 51.0. The quantitative estimate of drug-likeness (QED) is 0.222. The largest absolute Gasteiger partial charge is 0.493 e. The van der Waals surface area contributed by atoms with E-state index in [2.05, 4.69) is 5.32 Å². The van der Waals surface area contributed by atoms with Gasteiger partial charge in [-0.2, -0.15) is 0 Å².